The minimum absolute atomic E-state index is 0.140. The Morgan fingerprint density at radius 1 is 1.06 bits per heavy atom. The van der Waals surface area contributed by atoms with E-state index in [1.807, 2.05) is 30.3 Å². The molecule has 160 valence electrons. The van der Waals surface area contributed by atoms with Gasteiger partial charge in [0.2, 0.25) is 5.91 Å². The lowest BCUT2D eigenvalue weighted by atomic mass is 10.2. The summed E-state index contributed by atoms with van der Waals surface area (Å²) in [5.41, 5.74) is 8.23. The van der Waals surface area contributed by atoms with Crippen molar-refractivity contribution in [1.29, 1.82) is 0 Å². The predicted molar refractivity (Wildman–Crippen MR) is 127 cm³/mol. The molecular weight excluding hydrogens is 404 g/mol. The molecule has 0 aliphatic heterocycles. The fourth-order valence-electron chi connectivity index (χ4n) is 3.13. The Hall–Kier alpha value is -4.46. The average Bonchev–Trinajstić information content (AvgIpc) is 2.80. The van der Waals surface area contributed by atoms with Crippen molar-refractivity contribution in [3.05, 3.63) is 94.7 Å². The molecule has 0 aliphatic carbocycles. The molecule has 0 radical (unpaired) electrons. The lowest BCUT2D eigenvalue weighted by Crippen LogP contribution is -2.15. The van der Waals surface area contributed by atoms with Gasteiger partial charge >= 0.3 is 0 Å². The number of aromatic amines is 1. The third-order valence-electron chi connectivity index (χ3n) is 4.76. The van der Waals surface area contributed by atoms with Gasteiger partial charge in [-0.3, -0.25) is 9.59 Å². The van der Waals surface area contributed by atoms with E-state index in [1.165, 1.54) is 6.08 Å². The molecule has 32 heavy (non-hydrogen) atoms. The van der Waals surface area contributed by atoms with E-state index >= 15 is 0 Å². The molecule has 0 saturated carbocycles. The third-order valence-corrected chi connectivity index (χ3v) is 4.76. The van der Waals surface area contributed by atoms with Gasteiger partial charge in [-0.2, -0.15) is 0 Å². The number of aromatic nitrogens is 3. The van der Waals surface area contributed by atoms with E-state index in [0.717, 1.165) is 5.56 Å². The van der Waals surface area contributed by atoms with Gasteiger partial charge in [-0.15, -0.1) is 0 Å². The Morgan fingerprint density at radius 3 is 2.69 bits per heavy atom. The Kier molecular flexibility index (Phi) is 6.22. The highest BCUT2D eigenvalue weighted by molar-refractivity contribution is 6.03. The highest BCUT2D eigenvalue weighted by atomic mass is 16.1. The molecule has 2 aromatic carbocycles. The van der Waals surface area contributed by atoms with Crippen LogP contribution in [0.3, 0.4) is 0 Å². The maximum atomic E-state index is 12.1. The number of amides is 1. The second-order valence-electron chi connectivity index (χ2n) is 7.09. The molecule has 0 fully saturated rings. The fourth-order valence-corrected chi connectivity index (χ4v) is 3.13. The van der Waals surface area contributed by atoms with E-state index in [4.69, 9.17) is 5.73 Å². The van der Waals surface area contributed by atoms with Crippen LogP contribution in [-0.2, 0) is 11.2 Å². The maximum Gasteiger partial charge on any atom is 0.258 e. The van der Waals surface area contributed by atoms with Gasteiger partial charge in [0, 0.05) is 25.2 Å². The molecule has 1 amide bonds. The maximum absolute atomic E-state index is 12.1. The van der Waals surface area contributed by atoms with Gasteiger partial charge in [-0.25, -0.2) is 9.97 Å². The van der Waals surface area contributed by atoms with E-state index in [0.29, 0.717) is 46.9 Å². The van der Waals surface area contributed by atoms with Crippen LogP contribution >= 0.6 is 0 Å². The zero-order chi connectivity index (χ0) is 22.3. The quantitative estimate of drug-likeness (QED) is 0.266. The standard InChI is InChI=1S/C24H22N6O2/c25-18-6-2-4-8-20(18)29-23(31)12-10-16-9-11-21(27-15-16)26-14-13-22-28-19-7-3-1-5-17(19)24(32)30-22/h1-12,15H,13-14,25H2,(H,26,27)(H,29,31)(H,28,30,32). The van der Waals surface area contributed by atoms with Crippen LogP contribution < -0.4 is 21.9 Å². The fraction of sp³-hybridized carbons (Fsp3) is 0.0833. The topological polar surface area (TPSA) is 126 Å². The number of benzene rings is 2. The Morgan fingerprint density at radius 2 is 1.88 bits per heavy atom. The van der Waals surface area contributed by atoms with E-state index in [-0.39, 0.29) is 11.5 Å². The molecule has 8 nitrogen and oxygen atoms in total. The number of nitrogen functional groups attached to an aromatic ring is 1. The van der Waals surface area contributed by atoms with Crippen molar-refractivity contribution < 1.29 is 4.79 Å². The van der Waals surface area contributed by atoms with Crippen molar-refractivity contribution in [3.8, 4) is 0 Å². The number of carbonyl (C=O) groups excluding carboxylic acids is 1. The number of nitrogens with two attached hydrogens (primary N) is 1. The smallest absolute Gasteiger partial charge is 0.258 e. The monoisotopic (exact) mass is 426 g/mol. The highest BCUT2D eigenvalue weighted by Gasteiger charge is 2.04. The number of hydrogen-bond donors (Lipinski definition) is 4. The van der Waals surface area contributed by atoms with Crippen LogP contribution in [0.4, 0.5) is 17.2 Å². The van der Waals surface area contributed by atoms with Gasteiger partial charge < -0.3 is 21.4 Å². The lowest BCUT2D eigenvalue weighted by molar-refractivity contribution is -0.111. The number of nitrogens with one attached hydrogen (secondary N) is 3. The molecule has 0 bridgehead atoms. The zero-order valence-electron chi connectivity index (χ0n) is 17.2. The average molecular weight is 426 g/mol. The molecule has 4 rings (SSSR count). The summed E-state index contributed by atoms with van der Waals surface area (Å²) < 4.78 is 0. The first-order valence-electron chi connectivity index (χ1n) is 10.1. The van der Waals surface area contributed by atoms with Crippen LogP contribution in [0.25, 0.3) is 17.0 Å². The van der Waals surface area contributed by atoms with Gasteiger partial charge in [0.05, 0.1) is 22.3 Å². The van der Waals surface area contributed by atoms with Gasteiger partial charge in [-0.05, 0) is 48.0 Å². The van der Waals surface area contributed by atoms with Gasteiger partial charge in [0.25, 0.3) is 5.56 Å². The van der Waals surface area contributed by atoms with Crippen molar-refractivity contribution in [2.24, 2.45) is 0 Å². The molecular formula is C24H22N6O2. The second kappa shape index (κ2) is 9.57. The number of H-pyrrole nitrogens is 1. The summed E-state index contributed by atoms with van der Waals surface area (Å²) in [6.45, 7) is 0.560. The van der Waals surface area contributed by atoms with Crippen molar-refractivity contribution in [1.82, 2.24) is 15.0 Å². The summed E-state index contributed by atoms with van der Waals surface area (Å²) in [5.74, 6) is 1.03. The predicted octanol–water partition coefficient (Wildman–Crippen LogP) is 3.21. The first-order chi connectivity index (χ1) is 15.6. The number of para-hydroxylation sites is 3. The van der Waals surface area contributed by atoms with E-state index < -0.39 is 0 Å². The summed E-state index contributed by atoms with van der Waals surface area (Å²) in [7, 11) is 0. The number of fused-ring (bicyclic) bond motifs is 1. The van der Waals surface area contributed by atoms with Crippen molar-refractivity contribution in [2.45, 2.75) is 6.42 Å². The molecule has 0 saturated heterocycles. The van der Waals surface area contributed by atoms with Crippen LogP contribution in [0.5, 0.6) is 0 Å². The van der Waals surface area contributed by atoms with Crippen molar-refractivity contribution in [3.63, 3.8) is 0 Å². The molecule has 4 aromatic rings. The number of rotatable bonds is 7. The number of hydrogen-bond acceptors (Lipinski definition) is 6. The Balaban J connectivity index is 1.30. The molecule has 0 unspecified atom stereocenters. The first-order valence-corrected chi connectivity index (χ1v) is 10.1. The van der Waals surface area contributed by atoms with Gasteiger partial charge in [-0.1, -0.05) is 24.3 Å². The second-order valence-corrected chi connectivity index (χ2v) is 7.09. The highest BCUT2D eigenvalue weighted by Crippen LogP contribution is 2.16. The summed E-state index contributed by atoms with van der Waals surface area (Å²) in [5, 5.41) is 6.52. The first kappa shape index (κ1) is 20.8. The summed E-state index contributed by atoms with van der Waals surface area (Å²) in [4.78, 5) is 35.8. The van der Waals surface area contributed by atoms with E-state index in [1.54, 1.807) is 42.6 Å². The molecule has 0 spiro atoms. The Bertz CT molecular complexity index is 1330. The number of carbonyl (C=O) groups is 1. The SMILES string of the molecule is Nc1ccccc1NC(=O)C=Cc1ccc(NCCc2nc3ccccc3c(=O)[nH]2)nc1. The molecule has 2 heterocycles. The third kappa shape index (κ3) is 5.17. The summed E-state index contributed by atoms with van der Waals surface area (Å²) in [6, 6.07) is 18.0. The minimum Gasteiger partial charge on any atom is -0.397 e. The van der Waals surface area contributed by atoms with E-state index in [2.05, 4.69) is 25.6 Å². The largest absolute Gasteiger partial charge is 0.397 e. The molecule has 5 N–H and O–H groups in total. The number of pyridine rings is 1. The molecule has 2 aromatic heterocycles. The van der Waals surface area contributed by atoms with Crippen LogP contribution in [0.1, 0.15) is 11.4 Å². The normalized spacial score (nSPS) is 11.0. The lowest BCUT2D eigenvalue weighted by Gasteiger charge is -2.06. The molecule has 0 aliphatic rings. The van der Waals surface area contributed by atoms with Crippen molar-refractivity contribution >= 4 is 40.1 Å². The minimum atomic E-state index is -0.276. The molecule has 8 heteroatoms. The Labute approximate surface area is 184 Å². The van der Waals surface area contributed by atoms with Gasteiger partial charge in [0.15, 0.2) is 0 Å². The number of nitrogens with zero attached hydrogens (tertiary/aromatic N) is 2. The van der Waals surface area contributed by atoms with Crippen LogP contribution in [0, 0.1) is 0 Å². The molecule has 0 atom stereocenters. The van der Waals surface area contributed by atoms with Crippen LogP contribution in [0.15, 0.2) is 77.7 Å². The summed E-state index contributed by atoms with van der Waals surface area (Å²) in [6.07, 6.45) is 5.32. The van der Waals surface area contributed by atoms with Crippen LogP contribution in [-0.4, -0.2) is 27.4 Å². The van der Waals surface area contributed by atoms with Crippen molar-refractivity contribution in [2.75, 3.05) is 22.9 Å². The van der Waals surface area contributed by atoms with Gasteiger partial charge in [0.1, 0.15) is 11.6 Å². The summed E-state index contributed by atoms with van der Waals surface area (Å²) >= 11 is 0. The zero-order valence-corrected chi connectivity index (χ0v) is 17.2. The van der Waals surface area contributed by atoms with E-state index in [9.17, 15) is 9.59 Å². The van der Waals surface area contributed by atoms with Crippen LogP contribution in [0.2, 0.25) is 0 Å². The number of anilines is 3.